The fraction of sp³-hybridized carbons (Fsp3) is 0.205. The number of unbranched alkanes of at least 4 members (excludes halogenated alkanes) is 6. The number of hydrogen-bond donors (Lipinski definition) is 7. The van der Waals surface area contributed by atoms with E-state index in [1.165, 1.54) is 129 Å². The van der Waals surface area contributed by atoms with Gasteiger partial charge in [-0.3, -0.25) is 19.2 Å². The molecule has 27 heteroatoms. The first-order valence-corrected chi connectivity index (χ1v) is 50.2. The summed E-state index contributed by atoms with van der Waals surface area (Å²) in [5.74, 6) is 1.68. The van der Waals surface area contributed by atoms with Gasteiger partial charge in [0.25, 0.3) is 0 Å². The number of fused-ring (bicyclic) bond motifs is 6. The Kier molecular flexibility index (Phi) is 47.8. The molecule has 0 radical (unpaired) electrons. The molecule has 0 bridgehead atoms. The molecular weight excluding hydrogens is 1950 g/mol. The van der Waals surface area contributed by atoms with E-state index in [9.17, 15) is 55.1 Å². The first-order chi connectivity index (χ1) is 72.1. The van der Waals surface area contributed by atoms with Gasteiger partial charge in [0.05, 0.1) is 33.1 Å². The van der Waals surface area contributed by atoms with Crippen LogP contribution in [0.3, 0.4) is 0 Å². The van der Waals surface area contributed by atoms with Gasteiger partial charge >= 0.3 is 0 Å². The number of carbonyl (C=O) groups excluding carboxylic acids is 6. The van der Waals surface area contributed by atoms with Crippen LogP contribution in [0.5, 0.6) is 0 Å². The zero-order valence-electron chi connectivity index (χ0n) is 83.5. The van der Waals surface area contributed by atoms with Crippen molar-refractivity contribution >= 4 is 153 Å². The highest BCUT2D eigenvalue weighted by Crippen LogP contribution is 2.27. The second-order valence-electron chi connectivity index (χ2n) is 35.1. The summed E-state index contributed by atoms with van der Waals surface area (Å²) in [5, 5.41) is 15.3. The number of nitrogen functional groups attached to an aromatic ring is 3. The van der Waals surface area contributed by atoms with Crippen molar-refractivity contribution < 1.29 is 55.1 Å². The van der Waals surface area contributed by atoms with Crippen LogP contribution >= 0.6 is 15.9 Å². The lowest BCUT2D eigenvalue weighted by atomic mass is 10.0. The Hall–Kier alpha value is -16.6. The number of pyridine rings is 6. The van der Waals surface area contributed by atoms with E-state index < -0.39 is 0 Å². The Morgan fingerprint density at radius 3 is 0.872 bits per heavy atom. The van der Waals surface area contributed by atoms with Crippen molar-refractivity contribution in [2.75, 3.05) is 39.7 Å². The smallest absolute Gasteiger partial charge is 0.239 e. The molecule has 20 nitrogen and oxygen atoms in total. The number of aromatic nitrogens is 6. The minimum Gasteiger partial charge on any atom is -0.384 e. The van der Waals surface area contributed by atoms with Crippen molar-refractivity contribution in [1.82, 2.24) is 29.9 Å². The molecule has 6 heterocycles. The van der Waals surface area contributed by atoms with E-state index in [4.69, 9.17) is 29.5 Å². The second-order valence-corrected chi connectivity index (χ2v) is 35.6. The van der Waals surface area contributed by atoms with Crippen molar-refractivity contribution in [3.63, 3.8) is 0 Å². The highest BCUT2D eigenvalue weighted by atomic mass is 79.9. The van der Waals surface area contributed by atoms with Gasteiger partial charge in [0.15, 0.2) is 0 Å². The molecule has 3 amide bonds. The number of aldehydes is 3. The van der Waals surface area contributed by atoms with Crippen LogP contribution in [0.4, 0.5) is 61.2 Å². The average Bonchev–Trinajstić information content (AvgIpc) is 0.825. The minimum absolute atomic E-state index is 0.107. The van der Waals surface area contributed by atoms with Crippen molar-refractivity contribution in [3.8, 4) is 0 Å². The molecule has 0 aliphatic carbocycles. The molecule has 764 valence electrons. The van der Waals surface area contributed by atoms with Gasteiger partial charge in [0.2, 0.25) is 24.3 Å². The van der Waals surface area contributed by atoms with Gasteiger partial charge in [0, 0.05) is 82.4 Å². The predicted molar refractivity (Wildman–Crippen MR) is 594 cm³/mol. The third kappa shape index (κ3) is 42.2. The molecule has 0 atom stereocenters. The molecule has 0 fully saturated rings. The summed E-state index contributed by atoms with van der Waals surface area (Å²) in [6.07, 6.45) is 20.6. The summed E-state index contributed by atoms with van der Waals surface area (Å²) in [4.78, 5) is 91.9. The minimum atomic E-state index is -0.375. The maximum Gasteiger partial charge on any atom is 0.239 e. The number of rotatable bonds is 31. The number of aryl methyl sites for hydroxylation is 7. The van der Waals surface area contributed by atoms with E-state index in [1.54, 1.807) is 72.8 Å². The Labute approximate surface area is 873 Å². The summed E-state index contributed by atoms with van der Waals surface area (Å²) in [7, 11) is 0. The van der Waals surface area contributed by atoms with Gasteiger partial charge in [0.1, 0.15) is 88.7 Å². The number of alkyl halides is 1. The zero-order valence-corrected chi connectivity index (χ0v) is 85.1. The van der Waals surface area contributed by atoms with Crippen molar-refractivity contribution in [2.24, 2.45) is 5.73 Å². The molecule has 149 heavy (non-hydrogen) atoms. The maximum atomic E-state index is 13.1. The van der Waals surface area contributed by atoms with Crippen LogP contribution in [0.25, 0.3) is 70.3 Å². The van der Waals surface area contributed by atoms with Crippen LogP contribution < -0.4 is 38.9 Å². The molecule has 0 aliphatic rings. The number of amides is 3. The van der Waals surface area contributed by atoms with Gasteiger partial charge in [-0.25, -0.2) is 62.8 Å². The molecule has 6 aromatic heterocycles. The van der Waals surface area contributed by atoms with Gasteiger partial charge < -0.3 is 53.3 Å². The van der Waals surface area contributed by atoms with Crippen LogP contribution in [0.2, 0.25) is 0 Å². The molecule has 0 aliphatic heterocycles. The average molecular weight is 2070 g/mol. The predicted octanol–water partition coefficient (Wildman–Crippen LogP) is 27.3. The maximum absolute atomic E-state index is 13.1. The molecule has 0 spiro atoms. The number of carbonyl (C=O) groups is 6. The fourth-order valence-electron chi connectivity index (χ4n) is 15.7. The topological polar surface area (TPSA) is 324 Å². The summed E-state index contributed by atoms with van der Waals surface area (Å²) in [6.45, 7) is 12.2. The monoisotopic (exact) mass is 2070 g/mol. The molecule has 18 aromatic rings. The van der Waals surface area contributed by atoms with Gasteiger partial charge in [-0.2, -0.15) is 0 Å². The summed E-state index contributed by atoms with van der Waals surface area (Å²) < 4.78 is 76.4. The van der Waals surface area contributed by atoms with Crippen LogP contribution in [-0.2, 0) is 93.6 Å². The number of nitrogens with two attached hydrogens (primary N) is 4. The van der Waals surface area contributed by atoms with Gasteiger partial charge in [-0.05, 0) is 377 Å². The van der Waals surface area contributed by atoms with Gasteiger partial charge in [-0.15, -0.1) is 0 Å². The Morgan fingerprint density at radius 2 is 0.570 bits per heavy atom. The first-order valence-electron chi connectivity index (χ1n) is 49.0. The number of halogens is 7. The number of hydrogen-bond acceptors (Lipinski definition) is 16. The Bertz CT molecular complexity index is 7510. The lowest BCUT2D eigenvalue weighted by Crippen LogP contribution is -2.07. The standard InChI is InChI=1S/C21H23FN2.C20H21FN2.C19H19FN2.C13H11N3O.C13H15N3O.C12H11BrN2O.C9H9FO.C8H7FO.C7H5FO/c22-19-9-5-8-16(15-19)6-3-1-2-4-7-17-10-12-20-18(14-17)11-13-21(23)24-20;21-18-8-4-7-15(14-18)5-2-1-3-6-16-9-11-19-17(13-16)10-12-20(22)23-19;20-17-7-3-6-14(13-17)4-1-2-5-15-8-10-18-16(12-15)9-11-19(21)22-18;1-9(17)15-13-6-4-11-7-10(8-14-2)3-5-12(11)16-13;1-9(17)15-13-5-3-11-8-10(6-7-14)2-4-12(11)16-13;1-8(16)14-12-5-3-10-6-9(7-13)2-4-11(10)15-12;10-9-5-1-3-8(7-9)4-2-6-11;9-8-3-1-2-7(6-8)4-5-10;8-7-3-1-2-6(4-7)5-9/h5,8-15H,1-4,6-7H2,(H2,23,24);4,7-14H,1-3,5-6H2,(H2,22,23);3,6-13H,1-2,4-5H2,(H2,21,22);3-7H,8H2,1H3,(H,15,16,17);2-5,8H,6-7,14H2,1H3,(H,15,16,17);2-6H,7H2,1H3,(H,14,15,16);1,3,5-7H,2,4H2;1-3,5-6H,4H2;1-5H. The normalized spacial score (nSPS) is 10.4. The first kappa shape index (κ1) is 114. The summed E-state index contributed by atoms with van der Waals surface area (Å²) in [5.41, 5.74) is 40.6. The highest BCUT2D eigenvalue weighted by Gasteiger charge is 2.11. The molecular formula is C122H121BrF6N14O6. The van der Waals surface area contributed by atoms with Crippen LogP contribution in [0.1, 0.15) is 157 Å². The zero-order chi connectivity index (χ0) is 106. The van der Waals surface area contributed by atoms with E-state index in [2.05, 4.69) is 115 Å². The van der Waals surface area contributed by atoms with Crippen molar-refractivity contribution in [2.45, 2.75) is 155 Å². The largest absolute Gasteiger partial charge is 0.384 e. The highest BCUT2D eigenvalue weighted by molar-refractivity contribution is 9.08. The van der Waals surface area contributed by atoms with Crippen molar-refractivity contribution in [1.29, 1.82) is 0 Å². The van der Waals surface area contributed by atoms with Crippen molar-refractivity contribution in [3.05, 3.63) is 441 Å². The number of anilines is 6. The molecule has 0 saturated carbocycles. The van der Waals surface area contributed by atoms with E-state index in [0.29, 0.717) is 72.7 Å². The van der Waals surface area contributed by atoms with Crippen LogP contribution in [-0.4, -0.2) is 73.0 Å². The summed E-state index contributed by atoms with van der Waals surface area (Å²) in [6, 6.07) is 98.1. The molecule has 11 N–H and O–H groups in total. The third-order valence-electron chi connectivity index (χ3n) is 22.9. The van der Waals surface area contributed by atoms with E-state index >= 15 is 0 Å². The third-order valence-corrected chi connectivity index (χ3v) is 23.6. The Balaban J connectivity index is 0.000000174. The summed E-state index contributed by atoms with van der Waals surface area (Å²) >= 11 is 3.41. The number of benzene rings is 12. The SMILES string of the molecule is CC(=O)Nc1ccc2cc(CBr)ccc2n1.CC(=O)Nc1ccc2cc(CCN)ccc2n1.Nc1ccc2cc(CCCCCCc3cccc(F)c3)ccc2n1.Nc1ccc2cc(CCCCCc3cccc(F)c3)ccc2n1.Nc1ccc2cc(CCCCc3cccc(F)c3)ccc2n1.O=CCCc1cccc(F)c1.O=CCc1cccc(F)c1.O=Cc1cccc(F)c1.[C-]#[N+]Cc1ccc2nc(NC(C)=O)ccc2c1. The molecule has 12 aromatic carbocycles. The van der Waals surface area contributed by atoms with E-state index in [1.807, 2.05) is 146 Å². The van der Waals surface area contributed by atoms with E-state index in [0.717, 1.165) is 200 Å². The quantitative estimate of drug-likeness (QED) is 0.00698. The van der Waals surface area contributed by atoms with E-state index in [-0.39, 0.29) is 59.0 Å². The molecule has 18 rings (SSSR count). The lowest BCUT2D eigenvalue weighted by molar-refractivity contribution is -0.115. The fourth-order valence-corrected chi connectivity index (χ4v) is 16.1. The number of nitrogens with zero attached hydrogens (tertiary/aromatic N) is 7. The lowest BCUT2D eigenvalue weighted by Gasteiger charge is -2.05. The van der Waals surface area contributed by atoms with Gasteiger partial charge in [-0.1, -0.05) is 138 Å². The molecule has 0 unspecified atom stereocenters. The molecule has 0 saturated heterocycles. The second kappa shape index (κ2) is 62.3. The number of nitrogens with one attached hydrogen (secondary N) is 3. The van der Waals surface area contributed by atoms with Crippen LogP contribution in [0.15, 0.2) is 328 Å². The van der Waals surface area contributed by atoms with Crippen LogP contribution in [0, 0.1) is 41.5 Å². The Morgan fingerprint density at radius 1 is 0.302 bits per heavy atom.